The van der Waals surface area contributed by atoms with E-state index in [1.165, 1.54) is 0 Å². The van der Waals surface area contributed by atoms with Crippen molar-refractivity contribution in [2.75, 3.05) is 6.54 Å². The van der Waals surface area contributed by atoms with Crippen molar-refractivity contribution in [2.24, 2.45) is 0 Å². The van der Waals surface area contributed by atoms with Gasteiger partial charge in [-0.05, 0) is 26.3 Å². The van der Waals surface area contributed by atoms with Gasteiger partial charge in [0.25, 0.3) is 0 Å². The first-order valence-corrected chi connectivity index (χ1v) is 3.82. The third-order valence-corrected chi connectivity index (χ3v) is 2.68. The summed E-state index contributed by atoms with van der Waals surface area (Å²) in [6.07, 6.45) is 2.15. The molecular weight excluding hydrogens is 128 g/mol. The fourth-order valence-electron chi connectivity index (χ4n) is 1.90. The number of nitrogens with one attached hydrogen (secondary N) is 2. The van der Waals surface area contributed by atoms with Gasteiger partial charge < -0.3 is 10.6 Å². The summed E-state index contributed by atoms with van der Waals surface area (Å²) in [5, 5.41) is 6.09. The lowest BCUT2D eigenvalue weighted by atomic mass is 9.81. The molecule has 0 saturated carbocycles. The largest absolute Gasteiger partial charge is 0.350 e. The Morgan fingerprint density at radius 2 is 2.50 bits per heavy atom. The molecule has 2 saturated heterocycles. The van der Waals surface area contributed by atoms with E-state index >= 15 is 0 Å². The van der Waals surface area contributed by atoms with E-state index in [0.29, 0.717) is 6.04 Å². The fraction of sp³-hybridized carbons (Fsp3) is 0.857. The van der Waals surface area contributed by atoms with Crippen LogP contribution in [-0.2, 0) is 4.79 Å². The highest BCUT2D eigenvalue weighted by molar-refractivity contribution is 5.94. The minimum absolute atomic E-state index is 0.167. The zero-order valence-corrected chi connectivity index (χ0v) is 6.11. The molecule has 2 N–H and O–H groups in total. The van der Waals surface area contributed by atoms with Gasteiger partial charge in [-0.1, -0.05) is 0 Å². The standard InChI is InChI=1S/C7H12N2O/c1-5-7(6(10)9-5)3-2-4-8-7/h5,8H,2-4H2,1H3,(H,9,10)/t5-,7-/m0/s1. The topological polar surface area (TPSA) is 41.1 Å². The van der Waals surface area contributed by atoms with Gasteiger partial charge in [0.15, 0.2) is 0 Å². The van der Waals surface area contributed by atoms with Gasteiger partial charge in [0.2, 0.25) is 5.91 Å². The Hall–Kier alpha value is -0.570. The zero-order chi connectivity index (χ0) is 7.19. The van der Waals surface area contributed by atoms with Crippen LogP contribution in [0.25, 0.3) is 0 Å². The number of rotatable bonds is 0. The van der Waals surface area contributed by atoms with E-state index in [0.717, 1.165) is 19.4 Å². The first-order valence-electron chi connectivity index (χ1n) is 3.82. The van der Waals surface area contributed by atoms with E-state index in [-0.39, 0.29) is 11.4 Å². The Morgan fingerprint density at radius 3 is 2.80 bits per heavy atom. The molecule has 2 aliphatic heterocycles. The highest BCUT2D eigenvalue weighted by Crippen LogP contribution is 2.29. The quantitative estimate of drug-likeness (QED) is 0.451. The summed E-state index contributed by atoms with van der Waals surface area (Å²) < 4.78 is 0. The van der Waals surface area contributed by atoms with Crippen molar-refractivity contribution >= 4 is 5.91 Å². The molecule has 0 aromatic rings. The molecule has 0 aliphatic carbocycles. The summed E-state index contributed by atoms with van der Waals surface area (Å²) in [5.41, 5.74) is -0.167. The van der Waals surface area contributed by atoms with Crippen LogP contribution in [0.15, 0.2) is 0 Å². The van der Waals surface area contributed by atoms with Crippen molar-refractivity contribution in [3.05, 3.63) is 0 Å². The Bertz CT molecular complexity index is 172. The van der Waals surface area contributed by atoms with E-state index in [2.05, 4.69) is 17.6 Å². The van der Waals surface area contributed by atoms with Crippen molar-refractivity contribution in [2.45, 2.75) is 31.3 Å². The van der Waals surface area contributed by atoms with Crippen molar-refractivity contribution in [3.63, 3.8) is 0 Å². The van der Waals surface area contributed by atoms with Crippen LogP contribution in [0, 0.1) is 0 Å². The van der Waals surface area contributed by atoms with Crippen molar-refractivity contribution in [1.82, 2.24) is 10.6 Å². The summed E-state index contributed by atoms with van der Waals surface area (Å²) in [5.74, 6) is 0.192. The summed E-state index contributed by atoms with van der Waals surface area (Å²) >= 11 is 0. The lowest BCUT2D eigenvalue weighted by molar-refractivity contribution is -0.138. The van der Waals surface area contributed by atoms with Crippen LogP contribution in [0.2, 0.25) is 0 Å². The lowest BCUT2D eigenvalue weighted by Crippen LogP contribution is -2.75. The molecule has 0 aromatic carbocycles. The smallest absolute Gasteiger partial charge is 0.242 e. The Morgan fingerprint density at radius 1 is 1.70 bits per heavy atom. The lowest BCUT2D eigenvalue weighted by Gasteiger charge is -2.44. The van der Waals surface area contributed by atoms with Gasteiger partial charge in [0, 0.05) is 0 Å². The van der Waals surface area contributed by atoms with Crippen LogP contribution in [0.4, 0.5) is 0 Å². The Labute approximate surface area is 60.2 Å². The Balaban J connectivity index is 2.19. The van der Waals surface area contributed by atoms with Crippen molar-refractivity contribution in [1.29, 1.82) is 0 Å². The van der Waals surface area contributed by atoms with E-state index < -0.39 is 0 Å². The molecule has 2 atom stereocenters. The first kappa shape index (κ1) is 6.16. The summed E-state index contributed by atoms with van der Waals surface area (Å²) in [7, 11) is 0. The maximum atomic E-state index is 11.1. The molecule has 3 heteroatoms. The summed E-state index contributed by atoms with van der Waals surface area (Å²) in [6, 6.07) is 0.336. The van der Waals surface area contributed by atoms with Crippen molar-refractivity contribution < 1.29 is 4.79 Å². The Kier molecular flexibility index (Phi) is 1.06. The monoisotopic (exact) mass is 140 g/mol. The minimum atomic E-state index is -0.167. The number of amides is 1. The van der Waals surface area contributed by atoms with Gasteiger partial charge in [0.1, 0.15) is 5.54 Å². The van der Waals surface area contributed by atoms with Crippen LogP contribution in [0.1, 0.15) is 19.8 Å². The van der Waals surface area contributed by atoms with Crippen LogP contribution in [0.3, 0.4) is 0 Å². The van der Waals surface area contributed by atoms with Crippen LogP contribution in [-0.4, -0.2) is 24.0 Å². The molecule has 2 fully saturated rings. The molecule has 1 spiro atoms. The minimum Gasteiger partial charge on any atom is -0.350 e. The zero-order valence-electron chi connectivity index (χ0n) is 6.11. The van der Waals surface area contributed by atoms with Crippen molar-refractivity contribution in [3.8, 4) is 0 Å². The van der Waals surface area contributed by atoms with Gasteiger partial charge >= 0.3 is 0 Å². The molecule has 1 amide bonds. The second-order valence-electron chi connectivity index (χ2n) is 3.20. The molecule has 0 aromatic heterocycles. The fourth-order valence-corrected chi connectivity index (χ4v) is 1.90. The molecule has 3 nitrogen and oxygen atoms in total. The van der Waals surface area contributed by atoms with Crippen LogP contribution >= 0.6 is 0 Å². The number of hydrogen-bond donors (Lipinski definition) is 2. The average Bonchev–Trinajstić information content (AvgIpc) is 2.37. The predicted molar refractivity (Wildman–Crippen MR) is 37.6 cm³/mol. The van der Waals surface area contributed by atoms with Gasteiger partial charge in [0.05, 0.1) is 6.04 Å². The summed E-state index contributed by atoms with van der Waals surface area (Å²) in [6.45, 7) is 3.05. The van der Waals surface area contributed by atoms with E-state index in [4.69, 9.17) is 0 Å². The maximum Gasteiger partial charge on any atom is 0.242 e. The number of β-lactam (4-membered cyclic amide) rings is 1. The average molecular weight is 140 g/mol. The van der Waals surface area contributed by atoms with E-state index in [1.807, 2.05) is 0 Å². The summed E-state index contributed by atoms with van der Waals surface area (Å²) in [4.78, 5) is 11.1. The number of carbonyl (C=O) groups is 1. The third-order valence-electron chi connectivity index (χ3n) is 2.68. The highest BCUT2D eigenvalue weighted by atomic mass is 16.2. The number of carbonyl (C=O) groups excluding carboxylic acids is 1. The first-order chi connectivity index (χ1) is 4.76. The predicted octanol–water partition coefficient (Wildman–Crippen LogP) is -0.373. The van der Waals surface area contributed by atoms with E-state index in [9.17, 15) is 4.79 Å². The van der Waals surface area contributed by atoms with Gasteiger partial charge in [-0.2, -0.15) is 0 Å². The molecule has 56 valence electrons. The molecule has 2 aliphatic rings. The third kappa shape index (κ3) is 0.515. The molecular formula is C7H12N2O. The van der Waals surface area contributed by atoms with Gasteiger partial charge in [-0.25, -0.2) is 0 Å². The highest BCUT2D eigenvalue weighted by Gasteiger charge is 2.53. The second-order valence-corrected chi connectivity index (χ2v) is 3.20. The molecule has 10 heavy (non-hydrogen) atoms. The molecule has 0 unspecified atom stereocenters. The molecule has 0 bridgehead atoms. The maximum absolute atomic E-state index is 11.1. The molecule has 2 rings (SSSR count). The number of hydrogen-bond acceptors (Lipinski definition) is 2. The van der Waals surface area contributed by atoms with Gasteiger partial charge in [-0.15, -0.1) is 0 Å². The SMILES string of the molecule is C[C@@H]1NC(=O)[C@]12CCCN2. The van der Waals surface area contributed by atoms with Crippen LogP contribution < -0.4 is 10.6 Å². The second kappa shape index (κ2) is 1.72. The van der Waals surface area contributed by atoms with E-state index in [1.54, 1.807) is 0 Å². The normalized spacial score (nSPS) is 45.3. The van der Waals surface area contributed by atoms with Gasteiger partial charge in [-0.3, -0.25) is 4.79 Å². The molecule has 2 heterocycles. The molecule has 0 radical (unpaired) electrons. The van der Waals surface area contributed by atoms with Crippen LogP contribution in [0.5, 0.6) is 0 Å².